The van der Waals surface area contributed by atoms with Gasteiger partial charge in [-0.3, -0.25) is 4.79 Å². The van der Waals surface area contributed by atoms with Crippen LogP contribution in [-0.2, 0) is 14.3 Å². The fourth-order valence-corrected chi connectivity index (χ4v) is 3.51. The van der Waals surface area contributed by atoms with Crippen molar-refractivity contribution < 1.29 is 19.1 Å². The summed E-state index contributed by atoms with van der Waals surface area (Å²) < 4.78 is 11.6. The van der Waals surface area contributed by atoms with Gasteiger partial charge in [-0.05, 0) is 37.0 Å². The normalized spacial score (nSPS) is 21.8. The molecule has 5 nitrogen and oxygen atoms in total. The third kappa shape index (κ3) is 4.54. The van der Waals surface area contributed by atoms with Crippen molar-refractivity contribution in [1.82, 2.24) is 4.90 Å². The van der Waals surface area contributed by atoms with Crippen molar-refractivity contribution >= 4 is 28.0 Å². The lowest BCUT2D eigenvalue weighted by molar-refractivity contribution is -0.144. The molecule has 1 aromatic rings. The molecule has 0 aliphatic carbocycles. The fraction of sp³-hybridized carbons (Fsp3) is 0.579. The molecule has 0 bridgehead atoms. The van der Waals surface area contributed by atoms with Crippen molar-refractivity contribution in [1.29, 1.82) is 0 Å². The Hall–Kier alpha value is -1.56. The Morgan fingerprint density at radius 3 is 2.48 bits per heavy atom. The third-order valence-electron chi connectivity index (χ3n) is 5.15. The molecule has 0 N–H and O–H groups in total. The maximum atomic E-state index is 12.7. The second-order valence-electron chi connectivity index (χ2n) is 6.83. The van der Waals surface area contributed by atoms with E-state index in [-0.39, 0.29) is 30.4 Å². The number of benzene rings is 1. The van der Waals surface area contributed by atoms with Crippen LogP contribution in [0.15, 0.2) is 28.7 Å². The van der Waals surface area contributed by atoms with Crippen LogP contribution >= 0.6 is 15.9 Å². The van der Waals surface area contributed by atoms with E-state index in [1.165, 1.54) is 7.11 Å². The zero-order valence-electron chi connectivity index (χ0n) is 15.3. The molecule has 0 aromatic heterocycles. The summed E-state index contributed by atoms with van der Waals surface area (Å²) >= 11 is 3.43. The van der Waals surface area contributed by atoms with E-state index in [9.17, 15) is 9.59 Å². The SMILES string of the molecule is COC(=O)CCC1(C(C)C)CCN([C@@H](C)c2ccc(Br)cc2)C(=O)O1. The predicted octanol–water partition coefficient (Wildman–Crippen LogP) is 4.70. The Balaban J connectivity index is 2.10. The van der Waals surface area contributed by atoms with Crippen molar-refractivity contribution in [3.8, 4) is 0 Å². The minimum absolute atomic E-state index is 0.0635. The number of nitrogens with zero attached hydrogens (tertiary/aromatic N) is 1. The first-order valence-electron chi connectivity index (χ1n) is 8.61. The van der Waals surface area contributed by atoms with Crippen LogP contribution < -0.4 is 0 Å². The third-order valence-corrected chi connectivity index (χ3v) is 5.68. The lowest BCUT2D eigenvalue weighted by Crippen LogP contribution is -2.53. The van der Waals surface area contributed by atoms with E-state index in [4.69, 9.17) is 9.47 Å². The van der Waals surface area contributed by atoms with Crippen molar-refractivity contribution in [2.24, 2.45) is 5.92 Å². The van der Waals surface area contributed by atoms with Crippen LogP contribution in [0.3, 0.4) is 0 Å². The van der Waals surface area contributed by atoms with Gasteiger partial charge in [-0.15, -0.1) is 0 Å². The van der Waals surface area contributed by atoms with Gasteiger partial charge in [0.2, 0.25) is 0 Å². The summed E-state index contributed by atoms with van der Waals surface area (Å²) in [6, 6.07) is 7.88. The molecule has 25 heavy (non-hydrogen) atoms. The van der Waals surface area contributed by atoms with E-state index >= 15 is 0 Å². The first kappa shape index (κ1) is 19.8. The number of carbonyl (C=O) groups excluding carboxylic acids is 2. The first-order valence-corrected chi connectivity index (χ1v) is 9.40. The van der Waals surface area contributed by atoms with E-state index in [1.807, 2.05) is 45.0 Å². The maximum absolute atomic E-state index is 12.7. The zero-order chi connectivity index (χ0) is 18.6. The summed E-state index contributed by atoms with van der Waals surface area (Å²) in [5, 5.41) is 0. The molecule has 0 radical (unpaired) electrons. The Morgan fingerprint density at radius 2 is 1.96 bits per heavy atom. The first-order chi connectivity index (χ1) is 11.8. The molecular formula is C19H26BrNO4. The minimum Gasteiger partial charge on any atom is -0.469 e. The molecule has 6 heteroatoms. The number of hydrogen-bond acceptors (Lipinski definition) is 4. The summed E-state index contributed by atoms with van der Waals surface area (Å²) in [7, 11) is 1.37. The van der Waals surface area contributed by atoms with E-state index in [2.05, 4.69) is 15.9 Å². The van der Waals surface area contributed by atoms with E-state index in [0.717, 1.165) is 10.0 Å². The van der Waals surface area contributed by atoms with Crippen molar-refractivity contribution in [2.75, 3.05) is 13.7 Å². The van der Waals surface area contributed by atoms with Gasteiger partial charge >= 0.3 is 12.1 Å². The number of carbonyl (C=O) groups is 2. The van der Waals surface area contributed by atoms with Crippen LogP contribution in [0.4, 0.5) is 4.79 Å². The Bertz CT molecular complexity index is 616. The van der Waals surface area contributed by atoms with Crippen molar-refractivity contribution in [2.45, 2.75) is 51.7 Å². The number of methoxy groups -OCH3 is 1. The second kappa shape index (κ2) is 8.21. The van der Waals surface area contributed by atoms with Crippen molar-refractivity contribution in [3.05, 3.63) is 34.3 Å². The Morgan fingerprint density at radius 1 is 1.32 bits per heavy atom. The van der Waals surface area contributed by atoms with Crippen molar-refractivity contribution in [3.63, 3.8) is 0 Å². The smallest absolute Gasteiger partial charge is 0.410 e. The van der Waals surface area contributed by atoms with Gasteiger partial charge in [-0.1, -0.05) is 41.9 Å². The molecule has 138 valence electrons. The summed E-state index contributed by atoms with van der Waals surface area (Å²) in [5.41, 5.74) is 0.452. The van der Waals surface area contributed by atoms with Crippen LogP contribution in [0.25, 0.3) is 0 Å². The molecule has 0 spiro atoms. The van der Waals surface area contributed by atoms with Crippen LogP contribution in [0.5, 0.6) is 0 Å². The highest BCUT2D eigenvalue weighted by molar-refractivity contribution is 9.10. The van der Waals surface area contributed by atoms with Gasteiger partial charge in [0.1, 0.15) is 5.60 Å². The van der Waals surface area contributed by atoms with Crippen LogP contribution in [-0.4, -0.2) is 36.2 Å². The molecule has 1 aromatic carbocycles. The zero-order valence-corrected chi connectivity index (χ0v) is 16.8. The quantitative estimate of drug-likeness (QED) is 0.636. The highest BCUT2D eigenvalue weighted by atomic mass is 79.9. The highest BCUT2D eigenvalue weighted by Gasteiger charge is 2.44. The number of cyclic esters (lactones) is 1. The molecule has 2 atom stereocenters. The number of rotatable bonds is 6. The van der Waals surface area contributed by atoms with Crippen LogP contribution in [0.1, 0.15) is 51.6 Å². The molecule has 1 aliphatic heterocycles. The van der Waals surface area contributed by atoms with Gasteiger partial charge in [0, 0.05) is 23.9 Å². The van der Waals surface area contributed by atoms with Gasteiger partial charge in [-0.2, -0.15) is 0 Å². The average Bonchev–Trinajstić information content (AvgIpc) is 2.59. The lowest BCUT2D eigenvalue weighted by atomic mass is 9.81. The Labute approximate surface area is 157 Å². The predicted molar refractivity (Wildman–Crippen MR) is 99.2 cm³/mol. The molecule has 2 rings (SSSR count). The van der Waals surface area contributed by atoms with E-state index in [1.54, 1.807) is 4.90 Å². The number of halogens is 1. The number of amides is 1. The minimum atomic E-state index is -0.610. The Kier molecular flexibility index (Phi) is 6.49. The summed E-state index contributed by atoms with van der Waals surface area (Å²) in [5.74, 6) is -0.145. The summed E-state index contributed by atoms with van der Waals surface area (Å²) in [6.07, 6.45) is 1.13. The largest absolute Gasteiger partial charge is 0.469 e. The monoisotopic (exact) mass is 411 g/mol. The number of hydrogen-bond donors (Lipinski definition) is 0. The van der Waals surface area contributed by atoms with Crippen LogP contribution in [0.2, 0.25) is 0 Å². The summed E-state index contributed by atoms with van der Waals surface area (Å²) in [4.78, 5) is 25.9. The van der Waals surface area contributed by atoms with E-state index in [0.29, 0.717) is 19.4 Å². The van der Waals surface area contributed by atoms with Gasteiger partial charge in [0.15, 0.2) is 0 Å². The molecule has 1 unspecified atom stereocenters. The second-order valence-corrected chi connectivity index (χ2v) is 7.75. The topological polar surface area (TPSA) is 55.8 Å². The van der Waals surface area contributed by atoms with Gasteiger partial charge in [0.25, 0.3) is 0 Å². The molecule has 0 saturated carbocycles. The summed E-state index contributed by atoms with van der Waals surface area (Å²) in [6.45, 7) is 6.66. The fourth-order valence-electron chi connectivity index (χ4n) is 3.24. The maximum Gasteiger partial charge on any atom is 0.410 e. The van der Waals surface area contributed by atoms with Gasteiger partial charge in [-0.25, -0.2) is 4.79 Å². The lowest BCUT2D eigenvalue weighted by Gasteiger charge is -2.45. The molecular weight excluding hydrogens is 386 g/mol. The molecule has 1 amide bonds. The highest BCUT2D eigenvalue weighted by Crippen LogP contribution is 2.38. The molecule has 1 heterocycles. The van der Waals surface area contributed by atoms with Crippen LogP contribution in [0, 0.1) is 5.92 Å². The molecule has 1 fully saturated rings. The van der Waals surface area contributed by atoms with Gasteiger partial charge in [0.05, 0.1) is 13.2 Å². The number of ether oxygens (including phenoxy) is 2. The average molecular weight is 412 g/mol. The van der Waals surface area contributed by atoms with E-state index < -0.39 is 5.60 Å². The van der Waals surface area contributed by atoms with Gasteiger partial charge < -0.3 is 14.4 Å². The molecule has 1 saturated heterocycles. The standard InChI is InChI=1S/C19H26BrNO4/c1-13(2)19(10-9-17(22)24-4)11-12-21(18(23)25-19)14(3)15-5-7-16(20)8-6-15/h5-8,13-14H,9-12H2,1-4H3/t14-,19?/m0/s1. The molecule has 1 aliphatic rings. The number of esters is 1.